The molecule has 5 rings (SSSR count). The summed E-state index contributed by atoms with van der Waals surface area (Å²) in [5, 5.41) is 11.1. The summed E-state index contributed by atoms with van der Waals surface area (Å²) in [4.78, 5) is 13.0. The highest BCUT2D eigenvalue weighted by atomic mass is 32.2. The molecule has 0 amide bonds. The van der Waals surface area contributed by atoms with Crippen molar-refractivity contribution >= 4 is 16.1 Å². The molecule has 0 aliphatic heterocycles. The van der Waals surface area contributed by atoms with Crippen molar-refractivity contribution in [3.8, 4) is 0 Å². The maximum absolute atomic E-state index is 13.3. The molecule has 5 aromatic carbocycles. The Hall–Kier alpha value is -6.20. The fourth-order valence-electron chi connectivity index (χ4n) is 4.34. The van der Waals surface area contributed by atoms with Gasteiger partial charge in [0.05, 0.1) is 20.2 Å². The van der Waals surface area contributed by atoms with Crippen LogP contribution in [0.3, 0.4) is 0 Å². The van der Waals surface area contributed by atoms with Crippen LogP contribution in [0.4, 0.5) is 57.1 Å². The molecule has 0 aromatic heterocycles. The molecule has 24 heteroatoms. The molecular formula is C42H39F13N4O6S. The summed E-state index contributed by atoms with van der Waals surface area (Å²) < 4.78 is 193. The second-order valence-corrected chi connectivity index (χ2v) is 14.2. The molecule has 0 saturated carbocycles. The number of hydrogen-bond acceptors (Lipinski definition) is 8. The minimum atomic E-state index is -6.02. The maximum Gasteiger partial charge on any atom is 0.523 e. The van der Waals surface area contributed by atoms with Gasteiger partial charge in [-0.2, -0.15) is 56.7 Å². The lowest BCUT2D eigenvalue weighted by molar-refractivity contribution is -0.170. The maximum atomic E-state index is 13.3. The van der Waals surface area contributed by atoms with Crippen molar-refractivity contribution in [2.75, 3.05) is 33.4 Å². The third-order valence-corrected chi connectivity index (χ3v) is 8.82. The van der Waals surface area contributed by atoms with Crippen LogP contribution in [0.25, 0.3) is 10.4 Å². The number of azide groups is 1. The van der Waals surface area contributed by atoms with E-state index < -0.39 is 83.1 Å². The van der Waals surface area contributed by atoms with Gasteiger partial charge in [-0.05, 0) is 5.53 Å². The summed E-state index contributed by atoms with van der Waals surface area (Å²) in [6.07, 6.45) is 0. The molecule has 0 bridgehead atoms. The van der Waals surface area contributed by atoms with E-state index in [1.807, 2.05) is 0 Å². The Kier molecular flexibility index (Phi) is 22.8. The molecule has 360 valence electrons. The van der Waals surface area contributed by atoms with Gasteiger partial charge in [-0.25, -0.2) is 13.6 Å². The number of hydrogen-bond donors (Lipinski definition) is 2. The number of nitrogens with zero attached hydrogens (tertiary/aromatic N) is 3. The molecule has 0 aliphatic rings. The summed E-state index contributed by atoms with van der Waals surface area (Å²) in [5.74, 6) is -18.0. The van der Waals surface area contributed by atoms with Crippen LogP contribution in [0.2, 0.25) is 0 Å². The number of benzene rings is 5. The molecule has 0 radical (unpaired) electrons. The van der Waals surface area contributed by atoms with Gasteiger partial charge < -0.3 is 15.6 Å². The predicted octanol–water partition coefficient (Wildman–Crippen LogP) is 11.2. The normalized spacial score (nSPS) is 11.8. The lowest BCUT2D eigenvalue weighted by Gasteiger charge is -2.17. The quantitative estimate of drug-likeness (QED) is 0.0225. The van der Waals surface area contributed by atoms with Crippen LogP contribution in [-0.2, 0) is 53.4 Å². The fourth-order valence-corrected chi connectivity index (χ4v) is 4.78. The Balaban J connectivity index is 0.000000418. The zero-order chi connectivity index (χ0) is 50.3. The minimum absolute atomic E-state index is 0.0255. The molecule has 0 aliphatic carbocycles. The van der Waals surface area contributed by atoms with Crippen molar-refractivity contribution in [2.45, 2.75) is 35.1 Å². The predicted molar refractivity (Wildman–Crippen MR) is 215 cm³/mol. The molecule has 0 fully saturated rings. The van der Waals surface area contributed by atoms with Crippen LogP contribution in [0.5, 0.6) is 0 Å². The molecule has 3 N–H and O–H groups in total. The van der Waals surface area contributed by atoms with E-state index in [0.717, 1.165) is 19.2 Å². The van der Waals surface area contributed by atoms with Crippen LogP contribution in [0.1, 0.15) is 27.8 Å². The number of carbonyl (C=O) groups excluding carboxylic acids is 1. The first kappa shape index (κ1) is 57.8. The van der Waals surface area contributed by atoms with Crippen molar-refractivity contribution in [1.82, 2.24) is 0 Å². The number of alkyl halides is 13. The highest BCUT2D eigenvalue weighted by Gasteiger charge is 2.49. The van der Waals surface area contributed by atoms with Gasteiger partial charge in [0.2, 0.25) is 0 Å². The fraction of sp³-hybridized carbons (Fsp3) is 0.262. The van der Waals surface area contributed by atoms with Crippen molar-refractivity contribution in [2.24, 2.45) is 10.8 Å². The molecule has 10 nitrogen and oxygen atoms in total. The number of halogens is 13. The van der Waals surface area contributed by atoms with E-state index in [1.54, 1.807) is 36.4 Å². The second kappa shape index (κ2) is 26.1. The number of aliphatic hydroxyl groups is 1. The van der Waals surface area contributed by atoms with Crippen molar-refractivity contribution < 1.29 is 84.3 Å². The molecule has 0 saturated heterocycles. The first-order chi connectivity index (χ1) is 30.6. The molecule has 0 heterocycles. The second-order valence-electron chi connectivity index (χ2n) is 12.6. The van der Waals surface area contributed by atoms with E-state index in [-0.39, 0.29) is 22.3 Å². The Morgan fingerprint density at radius 3 is 1.20 bits per heavy atom. The summed E-state index contributed by atoms with van der Waals surface area (Å²) in [7, 11) is -5.09. The van der Waals surface area contributed by atoms with E-state index in [1.165, 1.54) is 103 Å². The highest BCUT2D eigenvalue weighted by molar-refractivity contribution is 7.87. The van der Waals surface area contributed by atoms with Gasteiger partial charge in [-0.15, -0.1) is 0 Å². The van der Waals surface area contributed by atoms with E-state index in [2.05, 4.69) is 18.9 Å². The molecule has 0 spiro atoms. The van der Waals surface area contributed by atoms with Crippen LogP contribution < -0.4 is 5.73 Å². The van der Waals surface area contributed by atoms with Crippen LogP contribution in [0, 0.1) is 0 Å². The zero-order valence-electron chi connectivity index (χ0n) is 34.0. The summed E-state index contributed by atoms with van der Waals surface area (Å²) in [6, 6.07) is 34.7. The Bertz CT molecular complexity index is 2260. The van der Waals surface area contributed by atoms with Gasteiger partial charge in [0.25, 0.3) is 23.7 Å². The standard InChI is InChI=1S/C9H7F5O3S.C9H8F2O2.C8H7F2N3.C8H9F2N.C8H8F2O/c10-8(11,7-4-2-1-3-5-7)6-17-18(15,16)9(12,13)14;1-13-8(12)9(10,11)7-5-3-2-4-6-7;9-8(10,6-12-13-11)7-4-2-1-3-5-7;2*9-8(10,6-11)7-4-2-1-3-5-7/h1-5H,6H2;2-6H,1H3;1-5H,6H2;1-5H,6,11H2;1-5,11H,6H2. The smallest absolute Gasteiger partial charge is 0.464 e. The van der Waals surface area contributed by atoms with Gasteiger partial charge >= 0.3 is 27.5 Å². The molecule has 5 aromatic rings. The average Bonchev–Trinajstić information content (AvgIpc) is 3.32. The van der Waals surface area contributed by atoms with Gasteiger partial charge in [-0.1, -0.05) is 157 Å². The number of carbonyl (C=O) groups is 1. The summed E-state index contributed by atoms with van der Waals surface area (Å²) in [5.41, 5.74) is 5.76. The average molecular weight is 975 g/mol. The Morgan fingerprint density at radius 1 is 0.576 bits per heavy atom. The van der Waals surface area contributed by atoms with E-state index in [0.29, 0.717) is 0 Å². The van der Waals surface area contributed by atoms with Gasteiger partial charge in [0.15, 0.2) is 0 Å². The van der Waals surface area contributed by atoms with E-state index >= 15 is 0 Å². The lowest BCUT2D eigenvalue weighted by Crippen LogP contribution is -2.30. The van der Waals surface area contributed by atoms with Crippen LogP contribution in [-0.4, -0.2) is 58.4 Å². The molecule has 0 atom stereocenters. The number of methoxy groups -OCH3 is 1. The number of esters is 1. The highest BCUT2D eigenvalue weighted by Crippen LogP contribution is 2.33. The van der Waals surface area contributed by atoms with Gasteiger partial charge in [0.1, 0.15) is 13.2 Å². The SMILES string of the molecule is COC(=O)C(F)(F)c1ccccc1.NCC(F)(F)c1ccccc1.O=S(=O)(OCC(F)(F)c1ccccc1)C(F)(F)F.OCC(F)(F)c1ccccc1.[N-]=[N+]=NCC(F)(F)c1ccccc1. The van der Waals surface area contributed by atoms with Gasteiger partial charge in [0, 0.05) is 32.7 Å². The van der Waals surface area contributed by atoms with E-state index in [9.17, 15) is 70.3 Å². The third-order valence-electron chi connectivity index (χ3n) is 7.83. The molecular weight excluding hydrogens is 936 g/mol. The zero-order valence-corrected chi connectivity index (χ0v) is 34.8. The topological polar surface area (TPSA) is 165 Å². The number of ether oxygens (including phenoxy) is 1. The third kappa shape index (κ3) is 19.1. The van der Waals surface area contributed by atoms with Gasteiger partial charge in [-0.3, -0.25) is 4.18 Å². The number of aliphatic hydroxyl groups excluding tert-OH is 1. The first-order valence-electron chi connectivity index (χ1n) is 18.2. The largest absolute Gasteiger partial charge is 0.523 e. The molecule has 66 heavy (non-hydrogen) atoms. The summed E-state index contributed by atoms with van der Waals surface area (Å²) >= 11 is 0. The first-order valence-corrected chi connectivity index (χ1v) is 19.6. The number of nitrogens with two attached hydrogens (primary N) is 1. The monoisotopic (exact) mass is 974 g/mol. The van der Waals surface area contributed by atoms with Crippen molar-refractivity contribution in [3.05, 3.63) is 190 Å². The summed E-state index contributed by atoms with van der Waals surface area (Å²) in [6.45, 7) is -4.53. The Labute approximate surface area is 369 Å². The van der Waals surface area contributed by atoms with Crippen LogP contribution in [0.15, 0.2) is 157 Å². The van der Waals surface area contributed by atoms with Crippen molar-refractivity contribution in [1.29, 1.82) is 0 Å². The lowest BCUT2D eigenvalue weighted by atomic mass is 10.1. The minimum Gasteiger partial charge on any atom is -0.464 e. The Morgan fingerprint density at radius 2 is 0.894 bits per heavy atom. The molecule has 0 unspecified atom stereocenters. The van der Waals surface area contributed by atoms with Crippen LogP contribution >= 0.6 is 0 Å². The van der Waals surface area contributed by atoms with E-state index in [4.69, 9.17) is 16.4 Å². The van der Waals surface area contributed by atoms with Crippen molar-refractivity contribution in [3.63, 3.8) is 0 Å². The number of rotatable bonds is 13.